The van der Waals surface area contributed by atoms with Crippen molar-refractivity contribution in [2.75, 3.05) is 25.0 Å². The number of nitrogens with one attached hydrogen (secondary N) is 1. The molecule has 2 rings (SSSR count). The SMILES string of the molecule is CCN(CCNc1ccc(Cl)c(C(=O)O)n1)C1CC1. The van der Waals surface area contributed by atoms with E-state index in [-0.39, 0.29) is 10.7 Å². The molecule has 0 aromatic carbocycles. The van der Waals surface area contributed by atoms with Crippen molar-refractivity contribution in [2.24, 2.45) is 0 Å². The fourth-order valence-electron chi connectivity index (χ4n) is 2.06. The first kappa shape index (κ1) is 14.1. The Morgan fingerprint density at radius 2 is 2.32 bits per heavy atom. The molecule has 0 amide bonds. The maximum absolute atomic E-state index is 10.9. The summed E-state index contributed by atoms with van der Waals surface area (Å²) in [6.45, 7) is 4.88. The first-order valence-corrected chi connectivity index (χ1v) is 6.87. The second-order valence-electron chi connectivity index (χ2n) is 4.62. The van der Waals surface area contributed by atoms with Gasteiger partial charge < -0.3 is 10.4 Å². The number of nitrogens with zero attached hydrogens (tertiary/aromatic N) is 2. The van der Waals surface area contributed by atoms with Crippen molar-refractivity contribution >= 4 is 23.4 Å². The largest absolute Gasteiger partial charge is 0.476 e. The van der Waals surface area contributed by atoms with E-state index in [2.05, 4.69) is 22.1 Å². The molecule has 6 heteroatoms. The Bertz CT molecular complexity index is 463. The van der Waals surface area contributed by atoms with Crippen LogP contribution in [0.25, 0.3) is 0 Å². The molecule has 0 bridgehead atoms. The predicted octanol–water partition coefficient (Wildman–Crippen LogP) is 2.33. The summed E-state index contributed by atoms with van der Waals surface area (Å²) in [5.74, 6) is -0.560. The highest BCUT2D eigenvalue weighted by atomic mass is 35.5. The molecular formula is C13H18ClN3O2. The number of carboxylic acids is 1. The molecular weight excluding hydrogens is 266 g/mol. The topological polar surface area (TPSA) is 65.5 Å². The van der Waals surface area contributed by atoms with Crippen molar-refractivity contribution in [3.8, 4) is 0 Å². The maximum Gasteiger partial charge on any atom is 0.356 e. The van der Waals surface area contributed by atoms with E-state index >= 15 is 0 Å². The summed E-state index contributed by atoms with van der Waals surface area (Å²) in [5.41, 5.74) is -0.110. The minimum absolute atomic E-state index is 0.110. The smallest absolute Gasteiger partial charge is 0.356 e. The lowest BCUT2D eigenvalue weighted by molar-refractivity contribution is 0.0691. The van der Waals surface area contributed by atoms with Gasteiger partial charge in [0.05, 0.1) is 5.02 Å². The number of carbonyl (C=O) groups is 1. The fraction of sp³-hybridized carbons (Fsp3) is 0.538. The third-order valence-corrected chi connectivity index (χ3v) is 3.53. The van der Waals surface area contributed by atoms with E-state index in [9.17, 15) is 4.79 Å². The molecule has 0 atom stereocenters. The minimum atomic E-state index is -1.11. The lowest BCUT2D eigenvalue weighted by atomic mass is 10.3. The number of likely N-dealkylation sites (N-methyl/N-ethyl adjacent to an activating group) is 1. The minimum Gasteiger partial charge on any atom is -0.476 e. The van der Waals surface area contributed by atoms with Crippen LogP contribution in [-0.2, 0) is 0 Å². The molecule has 1 aromatic heterocycles. The van der Waals surface area contributed by atoms with Crippen molar-refractivity contribution in [1.29, 1.82) is 0 Å². The molecule has 0 spiro atoms. The second-order valence-corrected chi connectivity index (χ2v) is 5.03. The standard InChI is InChI=1S/C13H18ClN3O2/c1-2-17(9-3-4-9)8-7-15-11-6-5-10(14)12(16-11)13(18)19/h5-6,9H,2-4,7-8H2,1H3,(H,15,16)(H,18,19). The van der Waals surface area contributed by atoms with Gasteiger partial charge in [0.1, 0.15) is 5.82 Å². The number of anilines is 1. The lowest BCUT2D eigenvalue weighted by Gasteiger charge is -2.19. The van der Waals surface area contributed by atoms with Gasteiger partial charge in [0, 0.05) is 19.1 Å². The van der Waals surface area contributed by atoms with Gasteiger partial charge in [0.2, 0.25) is 0 Å². The van der Waals surface area contributed by atoms with E-state index < -0.39 is 5.97 Å². The van der Waals surface area contributed by atoms with Gasteiger partial charge in [0.15, 0.2) is 5.69 Å². The monoisotopic (exact) mass is 283 g/mol. The van der Waals surface area contributed by atoms with Gasteiger partial charge in [-0.3, -0.25) is 4.90 Å². The molecule has 1 aliphatic carbocycles. The first-order valence-electron chi connectivity index (χ1n) is 6.49. The summed E-state index contributed by atoms with van der Waals surface area (Å²) in [6, 6.07) is 3.99. The zero-order valence-electron chi connectivity index (χ0n) is 10.9. The third kappa shape index (κ3) is 3.81. The molecule has 104 valence electrons. The van der Waals surface area contributed by atoms with E-state index in [0.717, 1.165) is 25.7 Å². The Morgan fingerprint density at radius 1 is 1.58 bits per heavy atom. The number of rotatable bonds is 7. The van der Waals surface area contributed by atoms with Gasteiger partial charge in [-0.15, -0.1) is 0 Å². The molecule has 1 aliphatic rings. The van der Waals surface area contributed by atoms with E-state index in [1.807, 2.05) is 0 Å². The highest BCUT2D eigenvalue weighted by Crippen LogP contribution is 2.26. The molecule has 0 saturated heterocycles. The zero-order chi connectivity index (χ0) is 13.8. The zero-order valence-corrected chi connectivity index (χ0v) is 11.7. The van der Waals surface area contributed by atoms with Crippen LogP contribution in [0.2, 0.25) is 5.02 Å². The van der Waals surface area contributed by atoms with Crippen LogP contribution < -0.4 is 5.32 Å². The summed E-state index contributed by atoms with van der Waals surface area (Å²) < 4.78 is 0. The average molecular weight is 284 g/mol. The Hall–Kier alpha value is -1.33. The predicted molar refractivity (Wildman–Crippen MR) is 75.0 cm³/mol. The van der Waals surface area contributed by atoms with Gasteiger partial charge in [-0.25, -0.2) is 9.78 Å². The van der Waals surface area contributed by atoms with Gasteiger partial charge >= 0.3 is 5.97 Å². The van der Waals surface area contributed by atoms with E-state index in [4.69, 9.17) is 16.7 Å². The summed E-state index contributed by atoms with van der Waals surface area (Å²) in [6.07, 6.45) is 2.58. The van der Waals surface area contributed by atoms with Gasteiger partial charge in [-0.05, 0) is 31.5 Å². The summed E-state index contributed by atoms with van der Waals surface area (Å²) in [5, 5.41) is 12.2. The molecule has 19 heavy (non-hydrogen) atoms. The first-order chi connectivity index (χ1) is 9.11. The second kappa shape index (κ2) is 6.21. The van der Waals surface area contributed by atoms with Crippen LogP contribution in [0.1, 0.15) is 30.3 Å². The van der Waals surface area contributed by atoms with Gasteiger partial charge in [-0.1, -0.05) is 18.5 Å². The number of aromatic carboxylic acids is 1. The summed E-state index contributed by atoms with van der Waals surface area (Å²) in [4.78, 5) is 17.3. The normalized spacial score (nSPS) is 14.7. The third-order valence-electron chi connectivity index (χ3n) is 3.22. The molecule has 0 unspecified atom stereocenters. The fourth-order valence-corrected chi connectivity index (χ4v) is 2.24. The summed E-state index contributed by atoms with van der Waals surface area (Å²) >= 11 is 5.77. The molecule has 1 aromatic rings. The van der Waals surface area contributed by atoms with E-state index in [1.54, 1.807) is 12.1 Å². The number of aromatic nitrogens is 1. The molecule has 0 aliphatic heterocycles. The van der Waals surface area contributed by atoms with Crippen molar-refractivity contribution in [3.05, 3.63) is 22.8 Å². The van der Waals surface area contributed by atoms with Crippen molar-refractivity contribution in [2.45, 2.75) is 25.8 Å². The van der Waals surface area contributed by atoms with Gasteiger partial charge in [-0.2, -0.15) is 0 Å². The maximum atomic E-state index is 10.9. The van der Waals surface area contributed by atoms with Crippen LogP contribution in [0, 0.1) is 0 Å². The Labute approximate surface area is 117 Å². The highest BCUT2D eigenvalue weighted by molar-refractivity contribution is 6.33. The van der Waals surface area contributed by atoms with Crippen molar-refractivity contribution in [1.82, 2.24) is 9.88 Å². The molecule has 0 radical (unpaired) electrons. The number of hydrogen-bond acceptors (Lipinski definition) is 4. The van der Waals surface area contributed by atoms with Gasteiger partial charge in [0.25, 0.3) is 0 Å². The lowest BCUT2D eigenvalue weighted by Crippen LogP contribution is -2.31. The van der Waals surface area contributed by atoms with Crippen LogP contribution in [0.5, 0.6) is 0 Å². The van der Waals surface area contributed by atoms with Crippen LogP contribution in [0.3, 0.4) is 0 Å². The molecule has 5 nitrogen and oxygen atoms in total. The Morgan fingerprint density at radius 3 is 2.89 bits per heavy atom. The molecule has 1 saturated carbocycles. The molecule has 1 heterocycles. The van der Waals surface area contributed by atoms with Crippen molar-refractivity contribution in [3.63, 3.8) is 0 Å². The number of halogens is 1. The van der Waals surface area contributed by atoms with Crippen molar-refractivity contribution < 1.29 is 9.90 Å². The van der Waals surface area contributed by atoms with E-state index in [0.29, 0.717) is 5.82 Å². The van der Waals surface area contributed by atoms with E-state index in [1.165, 1.54) is 12.8 Å². The quantitative estimate of drug-likeness (QED) is 0.804. The van der Waals surface area contributed by atoms with Crippen LogP contribution in [-0.4, -0.2) is 46.6 Å². The summed E-state index contributed by atoms with van der Waals surface area (Å²) in [7, 11) is 0. The Balaban J connectivity index is 1.88. The average Bonchev–Trinajstić information content (AvgIpc) is 3.20. The number of pyridine rings is 1. The number of carboxylic acid groups (broad SMARTS) is 1. The van der Waals surface area contributed by atoms with Crippen LogP contribution in [0.4, 0.5) is 5.82 Å². The number of hydrogen-bond donors (Lipinski definition) is 2. The molecule has 1 fully saturated rings. The highest BCUT2D eigenvalue weighted by Gasteiger charge is 2.27. The van der Waals surface area contributed by atoms with Crippen LogP contribution in [0.15, 0.2) is 12.1 Å². The van der Waals surface area contributed by atoms with Crippen LogP contribution >= 0.6 is 11.6 Å². The molecule has 2 N–H and O–H groups in total. The Kier molecular flexibility index (Phi) is 4.61.